The van der Waals surface area contributed by atoms with Gasteiger partial charge in [-0.05, 0) is 48.6 Å². The zero-order valence-corrected chi connectivity index (χ0v) is 19.4. The van der Waals surface area contributed by atoms with E-state index >= 15 is 0 Å². The zero-order valence-electron chi connectivity index (χ0n) is 17.8. The van der Waals surface area contributed by atoms with Crippen molar-refractivity contribution in [3.63, 3.8) is 0 Å². The van der Waals surface area contributed by atoms with Gasteiger partial charge in [0.05, 0.1) is 18.0 Å². The molecule has 1 amide bonds. The summed E-state index contributed by atoms with van der Waals surface area (Å²) in [6.07, 6.45) is 0. The molecular formula is C24H24N4OS2. The quantitative estimate of drug-likeness (QED) is 0.357. The number of hydrogen-bond acceptors (Lipinski definition) is 5. The smallest absolute Gasteiger partial charge is 0.233 e. The maximum atomic E-state index is 12.7. The van der Waals surface area contributed by atoms with Crippen molar-refractivity contribution in [2.24, 2.45) is 0 Å². The molecule has 2 heterocycles. The molecule has 5 nitrogen and oxygen atoms in total. The lowest BCUT2D eigenvalue weighted by molar-refractivity contribution is -0.127. The summed E-state index contributed by atoms with van der Waals surface area (Å²) >= 11 is 3.08. The minimum atomic E-state index is 0.0642. The first-order valence-electron chi connectivity index (χ1n) is 10.0. The molecule has 0 bridgehead atoms. The number of carbonyl (C=O) groups excluding carboxylic acids is 1. The first kappa shape index (κ1) is 21.3. The Hall–Kier alpha value is -2.90. The molecule has 7 heteroatoms. The summed E-state index contributed by atoms with van der Waals surface area (Å²) in [6.45, 7) is 4.82. The van der Waals surface area contributed by atoms with Gasteiger partial charge in [-0.2, -0.15) is 0 Å². The van der Waals surface area contributed by atoms with E-state index in [2.05, 4.69) is 42.2 Å². The van der Waals surface area contributed by atoms with E-state index in [9.17, 15) is 4.79 Å². The lowest BCUT2D eigenvalue weighted by atomic mass is 10.1. The van der Waals surface area contributed by atoms with Crippen molar-refractivity contribution < 1.29 is 4.79 Å². The van der Waals surface area contributed by atoms with E-state index in [1.54, 1.807) is 16.2 Å². The van der Waals surface area contributed by atoms with Gasteiger partial charge in [0, 0.05) is 17.5 Å². The molecule has 0 N–H and O–H groups in total. The summed E-state index contributed by atoms with van der Waals surface area (Å²) in [5.41, 5.74) is 4.42. The number of thioether (sulfide) groups is 1. The molecule has 4 aromatic rings. The normalized spacial score (nSPS) is 10.9. The maximum absolute atomic E-state index is 12.7. The van der Waals surface area contributed by atoms with Gasteiger partial charge in [0.15, 0.2) is 11.0 Å². The lowest BCUT2D eigenvalue weighted by Crippen LogP contribution is -2.27. The summed E-state index contributed by atoms with van der Waals surface area (Å²) in [6, 6.07) is 20.4. The average Bonchev–Trinajstić information content (AvgIpc) is 3.44. The van der Waals surface area contributed by atoms with Gasteiger partial charge in [-0.3, -0.25) is 9.36 Å². The molecule has 0 saturated carbocycles. The van der Waals surface area contributed by atoms with Crippen molar-refractivity contribution >= 4 is 29.0 Å². The zero-order chi connectivity index (χ0) is 21.8. The van der Waals surface area contributed by atoms with Crippen LogP contribution in [0, 0.1) is 13.8 Å². The number of benzene rings is 2. The van der Waals surface area contributed by atoms with Gasteiger partial charge >= 0.3 is 0 Å². The highest BCUT2D eigenvalue weighted by atomic mass is 32.2. The van der Waals surface area contributed by atoms with Crippen LogP contribution in [-0.4, -0.2) is 38.4 Å². The molecular weight excluding hydrogens is 424 g/mol. The van der Waals surface area contributed by atoms with Gasteiger partial charge in [-0.15, -0.1) is 21.5 Å². The standard InChI is InChI=1S/C24H24N4OS2/c1-17-11-12-20(14-18(17)2)28-23(19-8-5-4-6-9-19)25-26-24(28)31-16-22(29)27(3)15-21-10-7-13-30-21/h4-14H,15-16H2,1-3H3. The minimum Gasteiger partial charge on any atom is -0.340 e. The minimum absolute atomic E-state index is 0.0642. The van der Waals surface area contributed by atoms with E-state index in [1.807, 2.05) is 59.5 Å². The first-order valence-corrected chi connectivity index (χ1v) is 11.9. The third-order valence-electron chi connectivity index (χ3n) is 5.14. The number of aryl methyl sites for hydroxylation is 2. The number of rotatable bonds is 7. The predicted octanol–water partition coefficient (Wildman–Crippen LogP) is 5.36. The van der Waals surface area contributed by atoms with Crippen LogP contribution in [0.2, 0.25) is 0 Å². The number of hydrogen-bond donors (Lipinski definition) is 0. The second-order valence-electron chi connectivity index (χ2n) is 7.39. The number of thiophene rings is 1. The monoisotopic (exact) mass is 448 g/mol. The molecule has 0 radical (unpaired) electrons. The van der Waals surface area contributed by atoms with E-state index in [1.165, 1.54) is 27.8 Å². The van der Waals surface area contributed by atoms with Crippen LogP contribution in [0.1, 0.15) is 16.0 Å². The summed E-state index contributed by atoms with van der Waals surface area (Å²) in [5.74, 6) is 1.14. The third kappa shape index (κ3) is 4.89. The van der Waals surface area contributed by atoms with E-state index in [4.69, 9.17) is 0 Å². The van der Waals surface area contributed by atoms with Crippen molar-refractivity contribution in [2.75, 3.05) is 12.8 Å². The second kappa shape index (κ2) is 9.49. The molecule has 0 unspecified atom stereocenters. The number of aromatic nitrogens is 3. The van der Waals surface area contributed by atoms with E-state index in [-0.39, 0.29) is 5.91 Å². The molecule has 158 valence electrons. The molecule has 0 aliphatic carbocycles. The van der Waals surface area contributed by atoms with Crippen molar-refractivity contribution in [1.82, 2.24) is 19.7 Å². The molecule has 2 aromatic carbocycles. The Kier molecular flexibility index (Phi) is 6.53. The molecule has 0 saturated heterocycles. The Balaban J connectivity index is 1.60. The van der Waals surface area contributed by atoms with Crippen molar-refractivity contribution in [3.8, 4) is 17.1 Å². The Morgan fingerprint density at radius 2 is 1.84 bits per heavy atom. The van der Waals surface area contributed by atoms with Crippen LogP contribution in [0.3, 0.4) is 0 Å². The Morgan fingerprint density at radius 3 is 2.55 bits per heavy atom. The molecule has 4 rings (SSSR count). The lowest BCUT2D eigenvalue weighted by Gasteiger charge is -2.16. The summed E-state index contributed by atoms with van der Waals surface area (Å²) < 4.78 is 2.04. The predicted molar refractivity (Wildman–Crippen MR) is 128 cm³/mol. The fraction of sp³-hybridized carbons (Fsp3) is 0.208. The fourth-order valence-electron chi connectivity index (χ4n) is 3.20. The van der Waals surface area contributed by atoms with Crippen LogP contribution in [0.25, 0.3) is 17.1 Å². The molecule has 0 aliphatic heterocycles. The van der Waals surface area contributed by atoms with Crippen molar-refractivity contribution in [3.05, 3.63) is 82.0 Å². The summed E-state index contributed by atoms with van der Waals surface area (Å²) in [5, 5.41) is 11.6. The van der Waals surface area contributed by atoms with Crippen LogP contribution >= 0.6 is 23.1 Å². The molecule has 0 atom stereocenters. The van der Waals surface area contributed by atoms with Gasteiger partial charge in [-0.25, -0.2) is 0 Å². The van der Waals surface area contributed by atoms with Crippen LogP contribution in [-0.2, 0) is 11.3 Å². The first-order chi connectivity index (χ1) is 15.0. The molecule has 31 heavy (non-hydrogen) atoms. The highest BCUT2D eigenvalue weighted by Crippen LogP contribution is 2.29. The third-order valence-corrected chi connectivity index (χ3v) is 6.91. The van der Waals surface area contributed by atoms with Crippen LogP contribution in [0.4, 0.5) is 0 Å². The van der Waals surface area contributed by atoms with E-state index < -0.39 is 0 Å². The van der Waals surface area contributed by atoms with Crippen LogP contribution in [0.15, 0.2) is 71.2 Å². The van der Waals surface area contributed by atoms with E-state index in [0.717, 1.165) is 17.1 Å². The maximum Gasteiger partial charge on any atom is 0.233 e. The second-order valence-corrected chi connectivity index (χ2v) is 9.37. The van der Waals surface area contributed by atoms with Gasteiger partial charge in [-0.1, -0.05) is 54.2 Å². The SMILES string of the molecule is Cc1ccc(-n2c(SCC(=O)N(C)Cc3cccs3)nnc2-c2ccccc2)cc1C. The topological polar surface area (TPSA) is 51.0 Å². The van der Waals surface area contributed by atoms with Crippen LogP contribution < -0.4 is 0 Å². The van der Waals surface area contributed by atoms with Crippen LogP contribution in [0.5, 0.6) is 0 Å². The molecule has 0 spiro atoms. The number of amides is 1. The largest absolute Gasteiger partial charge is 0.340 e. The molecule has 0 aliphatic rings. The highest BCUT2D eigenvalue weighted by molar-refractivity contribution is 7.99. The molecule has 0 fully saturated rings. The summed E-state index contributed by atoms with van der Waals surface area (Å²) in [4.78, 5) is 15.6. The highest BCUT2D eigenvalue weighted by Gasteiger charge is 2.19. The van der Waals surface area contributed by atoms with Crippen molar-refractivity contribution in [1.29, 1.82) is 0 Å². The van der Waals surface area contributed by atoms with Crippen molar-refractivity contribution in [2.45, 2.75) is 25.5 Å². The molecule has 2 aromatic heterocycles. The number of nitrogens with zero attached hydrogens (tertiary/aromatic N) is 4. The Morgan fingerprint density at radius 1 is 1.03 bits per heavy atom. The Bertz CT molecular complexity index is 1170. The average molecular weight is 449 g/mol. The van der Waals surface area contributed by atoms with Gasteiger partial charge in [0.1, 0.15) is 0 Å². The summed E-state index contributed by atoms with van der Waals surface area (Å²) in [7, 11) is 1.84. The van der Waals surface area contributed by atoms with Gasteiger partial charge in [0.2, 0.25) is 5.91 Å². The fourth-order valence-corrected chi connectivity index (χ4v) is 4.85. The van der Waals surface area contributed by atoms with Gasteiger partial charge in [0.25, 0.3) is 0 Å². The number of carbonyl (C=O) groups is 1. The van der Waals surface area contributed by atoms with Gasteiger partial charge < -0.3 is 4.90 Å². The van der Waals surface area contributed by atoms with E-state index in [0.29, 0.717) is 17.5 Å². The Labute approximate surface area is 190 Å².